The topological polar surface area (TPSA) is 104 Å². The number of benzene rings is 2. The van der Waals surface area contributed by atoms with Gasteiger partial charge < -0.3 is 10.4 Å². The summed E-state index contributed by atoms with van der Waals surface area (Å²) in [6, 6.07) is 14.1. The van der Waals surface area contributed by atoms with Gasteiger partial charge in [0.2, 0.25) is 0 Å². The van der Waals surface area contributed by atoms with Crippen LogP contribution in [0.3, 0.4) is 0 Å². The van der Waals surface area contributed by atoms with E-state index < -0.39 is 27.4 Å². The zero-order chi connectivity index (χ0) is 19.7. The quantitative estimate of drug-likeness (QED) is 0.790. The number of aliphatic carboxylic acids is 1. The lowest BCUT2D eigenvalue weighted by Gasteiger charge is -2.38. The highest BCUT2D eigenvalue weighted by Crippen LogP contribution is 2.32. The van der Waals surface area contributed by atoms with Crippen molar-refractivity contribution >= 4 is 27.6 Å². The van der Waals surface area contributed by atoms with Gasteiger partial charge in [-0.1, -0.05) is 18.2 Å². The largest absolute Gasteiger partial charge is 0.480 e. The van der Waals surface area contributed by atoms with Crippen LogP contribution in [-0.4, -0.2) is 38.0 Å². The molecule has 0 atom stereocenters. The van der Waals surface area contributed by atoms with E-state index in [0.29, 0.717) is 18.5 Å². The molecular weight excluding hydrogens is 368 g/mol. The van der Waals surface area contributed by atoms with Gasteiger partial charge in [0.1, 0.15) is 5.54 Å². The predicted octanol–water partition coefficient (Wildman–Crippen LogP) is 2.25. The molecule has 0 heterocycles. The molecule has 1 fully saturated rings. The molecule has 7 nitrogen and oxygen atoms in total. The molecule has 27 heavy (non-hydrogen) atoms. The third-order valence-corrected chi connectivity index (χ3v) is 6.66. The molecule has 8 heteroatoms. The number of carboxylic acid groups (broad SMARTS) is 1. The highest BCUT2D eigenvalue weighted by Gasteiger charge is 2.45. The van der Waals surface area contributed by atoms with Crippen LogP contribution in [0.15, 0.2) is 59.5 Å². The summed E-state index contributed by atoms with van der Waals surface area (Å²) < 4.78 is 26.6. The SMILES string of the molecule is CN(c1ccccc1)S(=O)(=O)c1ccc(C(=O)NC2(C(=O)O)CCC2)cc1. The monoisotopic (exact) mass is 388 g/mol. The lowest BCUT2D eigenvalue weighted by molar-refractivity contribution is -0.148. The summed E-state index contributed by atoms with van der Waals surface area (Å²) >= 11 is 0. The predicted molar refractivity (Wildman–Crippen MR) is 100 cm³/mol. The van der Waals surface area contributed by atoms with Gasteiger partial charge in [0.15, 0.2) is 0 Å². The normalized spacial score (nSPS) is 15.4. The van der Waals surface area contributed by atoms with Crippen LogP contribution in [0.1, 0.15) is 29.6 Å². The summed E-state index contributed by atoms with van der Waals surface area (Å²) in [7, 11) is -2.31. The maximum absolute atomic E-state index is 12.7. The molecule has 0 radical (unpaired) electrons. The summed E-state index contributed by atoms with van der Waals surface area (Å²) in [5.41, 5.74) is -0.480. The Morgan fingerprint density at radius 2 is 1.63 bits per heavy atom. The number of carboxylic acids is 1. The van der Waals surface area contributed by atoms with E-state index in [-0.39, 0.29) is 10.5 Å². The number of carbonyl (C=O) groups is 2. The number of rotatable bonds is 6. The van der Waals surface area contributed by atoms with E-state index in [1.165, 1.54) is 31.3 Å². The first-order valence-electron chi connectivity index (χ1n) is 8.46. The van der Waals surface area contributed by atoms with E-state index in [1.54, 1.807) is 30.3 Å². The molecule has 1 aliphatic rings. The van der Waals surface area contributed by atoms with Crippen molar-refractivity contribution < 1.29 is 23.1 Å². The molecule has 0 spiro atoms. The number of anilines is 1. The van der Waals surface area contributed by atoms with Crippen LogP contribution in [-0.2, 0) is 14.8 Å². The van der Waals surface area contributed by atoms with Gasteiger partial charge >= 0.3 is 5.97 Å². The van der Waals surface area contributed by atoms with E-state index in [1.807, 2.05) is 0 Å². The van der Waals surface area contributed by atoms with Crippen molar-refractivity contribution in [1.82, 2.24) is 5.32 Å². The van der Waals surface area contributed by atoms with Crippen LogP contribution in [0, 0.1) is 0 Å². The van der Waals surface area contributed by atoms with Gasteiger partial charge in [0.05, 0.1) is 10.6 Å². The number of hydrogen-bond donors (Lipinski definition) is 2. The Hall–Kier alpha value is -2.87. The van der Waals surface area contributed by atoms with Gasteiger partial charge in [-0.3, -0.25) is 9.10 Å². The van der Waals surface area contributed by atoms with Gasteiger partial charge in [-0.2, -0.15) is 0 Å². The molecule has 2 aromatic rings. The Labute approximate surface area is 157 Å². The Morgan fingerprint density at radius 1 is 1.04 bits per heavy atom. The lowest BCUT2D eigenvalue weighted by Crippen LogP contribution is -2.59. The zero-order valence-corrected chi connectivity index (χ0v) is 15.6. The number of nitrogens with one attached hydrogen (secondary N) is 1. The standard InChI is InChI=1S/C19H20N2O5S/c1-21(15-6-3-2-4-7-15)27(25,26)16-10-8-14(9-11-16)17(22)20-19(18(23)24)12-5-13-19/h2-4,6-11H,5,12-13H2,1H3,(H,20,22)(H,23,24). The number of sulfonamides is 1. The van der Waals surface area contributed by atoms with Crippen molar-refractivity contribution in [2.75, 3.05) is 11.4 Å². The highest BCUT2D eigenvalue weighted by atomic mass is 32.2. The van der Waals surface area contributed by atoms with Crippen LogP contribution < -0.4 is 9.62 Å². The average molecular weight is 388 g/mol. The summed E-state index contributed by atoms with van der Waals surface area (Å²) in [5, 5.41) is 11.9. The minimum absolute atomic E-state index is 0.0435. The number of carbonyl (C=O) groups excluding carboxylic acids is 1. The molecule has 1 aliphatic carbocycles. The molecule has 0 aliphatic heterocycles. The smallest absolute Gasteiger partial charge is 0.329 e. The van der Waals surface area contributed by atoms with Crippen molar-refractivity contribution in [2.24, 2.45) is 0 Å². The number of amides is 1. The molecule has 142 valence electrons. The van der Waals surface area contributed by atoms with Crippen LogP contribution in [0.4, 0.5) is 5.69 Å². The molecule has 0 unspecified atom stereocenters. The molecule has 1 amide bonds. The van der Waals surface area contributed by atoms with Crippen LogP contribution >= 0.6 is 0 Å². The maximum Gasteiger partial charge on any atom is 0.329 e. The number of para-hydroxylation sites is 1. The fourth-order valence-corrected chi connectivity index (χ4v) is 4.12. The minimum Gasteiger partial charge on any atom is -0.480 e. The Bertz CT molecular complexity index is 951. The van der Waals surface area contributed by atoms with Crippen molar-refractivity contribution in [3.8, 4) is 0 Å². The second-order valence-corrected chi connectivity index (χ2v) is 8.50. The molecule has 2 N–H and O–H groups in total. The first-order chi connectivity index (χ1) is 12.8. The highest BCUT2D eigenvalue weighted by molar-refractivity contribution is 7.92. The first kappa shape index (κ1) is 18.9. The minimum atomic E-state index is -3.77. The van der Waals surface area contributed by atoms with E-state index in [2.05, 4.69) is 5.32 Å². The molecule has 3 rings (SSSR count). The van der Waals surface area contributed by atoms with Crippen LogP contribution in [0.2, 0.25) is 0 Å². The Morgan fingerprint density at radius 3 is 2.11 bits per heavy atom. The van der Waals surface area contributed by atoms with Gasteiger partial charge in [-0.05, 0) is 55.7 Å². The number of hydrogen-bond acceptors (Lipinski definition) is 4. The Balaban J connectivity index is 1.78. The first-order valence-corrected chi connectivity index (χ1v) is 9.90. The molecule has 0 saturated heterocycles. The van der Waals surface area contributed by atoms with Crippen molar-refractivity contribution in [3.05, 3.63) is 60.2 Å². The van der Waals surface area contributed by atoms with E-state index >= 15 is 0 Å². The molecule has 0 aromatic heterocycles. The fraction of sp³-hybridized carbons (Fsp3) is 0.263. The van der Waals surface area contributed by atoms with E-state index in [0.717, 1.165) is 10.7 Å². The molecular formula is C19H20N2O5S. The summed E-state index contributed by atoms with van der Waals surface area (Å²) in [6.45, 7) is 0. The fourth-order valence-electron chi connectivity index (χ4n) is 2.93. The summed E-state index contributed by atoms with van der Waals surface area (Å²) in [6.07, 6.45) is 1.53. The molecule has 0 bridgehead atoms. The maximum atomic E-state index is 12.7. The van der Waals surface area contributed by atoms with E-state index in [9.17, 15) is 23.1 Å². The van der Waals surface area contributed by atoms with E-state index in [4.69, 9.17) is 0 Å². The summed E-state index contributed by atoms with van der Waals surface area (Å²) in [4.78, 5) is 23.7. The molecule has 1 saturated carbocycles. The van der Waals surface area contributed by atoms with Gasteiger partial charge in [-0.15, -0.1) is 0 Å². The summed E-state index contributed by atoms with van der Waals surface area (Å²) in [5.74, 6) is -1.58. The third-order valence-electron chi connectivity index (χ3n) is 4.86. The lowest BCUT2D eigenvalue weighted by atomic mass is 9.76. The van der Waals surface area contributed by atoms with Crippen molar-refractivity contribution in [3.63, 3.8) is 0 Å². The van der Waals surface area contributed by atoms with Crippen LogP contribution in [0.5, 0.6) is 0 Å². The van der Waals surface area contributed by atoms with Gasteiger partial charge in [0, 0.05) is 12.6 Å². The Kier molecular flexibility index (Phi) is 4.93. The second kappa shape index (κ2) is 7.03. The van der Waals surface area contributed by atoms with Crippen molar-refractivity contribution in [1.29, 1.82) is 0 Å². The second-order valence-electron chi connectivity index (χ2n) is 6.53. The van der Waals surface area contributed by atoms with Gasteiger partial charge in [-0.25, -0.2) is 13.2 Å². The molecule has 2 aromatic carbocycles. The zero-order valence-electron chi connectivity index (χ0n) is 14.8. The van der Waals surface area contributed by atoms with Crippen molar-refractivity contribution in [2.45, 2.75) is 29.7 Å². The van der Waals surface area contributed by atoms with Gasteiger partial charge in [0.25, 0.3) is 15.9 Å². The average Bonchev–Trinajstić information content (AvgIpc) is 2.64. The number of nitrogens with zero attached hydrogens (tertiary/aromatic N) is 1. The third kappa shape index (κ3) is 3.52. The van der Waals surface area contributed by atoms with Crippen LogP contribution in [0.25, 0.3) is 0 Å².